The molecule has 0 aliphatic heterocycles. The van der Waals surface area contributed by atoms with Gasteiger partial charge in [-0.1, -0.05) is 42.0 Å². The van der Waals surface area contributed by atoms with Crippen LogP contribution in [0, 0.1) is 12.7 Å². The van der Waals surface area contributed by atoms with Crippen LogP contribution in [0.25, 0.3) is 0 Å². The summed E-state index contributed by atoms with van der Waals surface area (Å²) in [5.41, 5.74) is 1.50. The predicted molar refractivity (Wildman–Crippen MR) is 98.7 cm³/mol. The van der Waals surface area contributed by atoms with Crippen LogP contribution in [0.5, 0.6) is 5.75 Å². The first-order valence-electron chi connectivity index (χ1n) is 7.51. The number of hydrogen-bond donors (Lipinski definition) is 0. The fourth-order valence-corrected chi connectivity index (χ4v) is 6.02. The molecular weight excluding hydrogens is 360 g/mol. The van der Waals surface area contributed by atoms with Crippen LogP contribution in [0.4, 0.5) is 0 Å². The number of aryl methyl sites for hydroxylation is 1. The molecule has 0 aromatic heterocycles. The van der Waals surface area contributed by atoms with E-state index < -0.39 is 23.8 Å². The Morgan fingerprint density at radius 3 is 1.88 bits per heavy atom. The first kappa shape index (κ1) is 19.5. The standard InChI is InChI=1S/C18H21O5S2/c1-14-5-9-16(10-6-14)18(2,24(4,19)20)25(21,22)13-15-7-11-17(23-3)12-8-15/h5-13H,1-4H3. The minimum atomic E-state index is -4.17. The van der Waals surface area contributed by atoms with E-state index in [2.05, 4.69) is 0 Å². The number of benzene rings is 2. The first-order chi connectivity index (χ1) is 11.5. The lowest BCUT2D eigenvalue weighted by Gasteiger charge is -2.28. The molecule has 0 saturated heterocycles. The molecule has 0 bridgehead atoms. The summed E-state index contributed by atoms with van der Waals surface area (Å²) in [7, 11) is -6.63. The third kappa shape index (κ3) is 3.72. The van der Waals surface area contributed by atoms with E-state index in [1.165, 1.54) is 26.2 Å². The van der Waals surface area contributed by atoms with Gasteiger partial charge in [-0.25, -0.2) is 16.8 Å². The van der Waals surface area contributed by atoms with Gasteiger partial charge in [0.05, 0.1) is 7.11 Å². The Labute approximate surface area is 149 Å². The third-order valence-corrected chi connectivity index (χ3v) is 9.39. The molecule has 0 spiro atoms. The lowest BCUT2D eigenvalue weighted by Crippen LogP contribution is -2.40. The molecule has 0 amide bonds. The highest BCUT2D eigenvalue weighted by Crippen LogP contribution is 2.38. The molecule has 1 atom stereocenters. The van der Waals surface area contributed by atoms with Crippen LogP contribution in [0.2, 0.25) is 0 Å². The molecule has 0 aliphatic carbocycles. The SMILES string of the molecule is COc1ccc([CH]S(=O)(=O)C(C)(c2ccc(C)cc2)S(C)(=O)=O)cc1. The van der Waals surface area contributed by atoms with E-state index in [1.807, 2.05) is 6.92 Å². The maximum absolute atomic E-state index is 13.0. The second kappa shape index (κ2) is 6.80. The van der Waals surface area contributed by atoms with Gasteiger partial charge in [-0.05, 0) is 37.1 Å². The molecule has 2 aromatic rings. The molecule has 0 saturated carbocycles. The zero-order valence-electron chi connectivity index (χ0n) is 14.6. The Kier molecular flexibility index (Phi) is 5.30. The van der Waals surface area contributed by atoms with Crippen molar-refractivity contribution in [2.45, 2.75) is 17.9 Å². The first-order valence-corrected chi connectivity index (χ1v) is 11.0. The molecule has 0 heterocycles. The predicted octanol–water partition coefficient (Wildman–Crippen LogP) is 2.85. The van der Waals surface area contributed by atoms with Crippen LogP contribution in [-0.2, 0) is 23.8 Å². The largest absolute Gasteiger partial charge is 0.497 e. The van der Waals surface area contributed by atoms with Gasteiger partial charge in [-0.3, -0.25) is 0 Å². The smallest absolute Gasteiger partial charge is 0.195 e. The maximum atomic E-state index is 13.0. The van der Waals surface area contributed by atoms with E-state index in [0.29, 0.717) is 11.3 Å². The van der Waals surface area contributed by atoms with E-state index in [9.17, 15) is 16.8 Å². The molecule has 25 heavy (non-hydrogen) atoms. The van der Waals surface area contributed by atoms with E-state index >= 15 is 0 Å². The number of ether oxygens (including phenoxy) is 1. The van der Waals surface area contributed by atoms with E-state index in [-0.39, 0.29) is 5.56 Å². The molecule has 2 aromatic carbocycles. The summed E-state index contributed by atoms with van der Waals surface area (Å²) in [4.78, 5) is 0. The van der Waals surface area contributed by atoms with Gasteiger partial charge in [0.15, 0.2) is 23.8 Å². The highest BCUT2D eigenvalue weighted by atomic mass is 32.3. The topological polar surface area (TPSA) is 77.5 Å². The van der Waals surface area contributed by atoms with Gasteiger partial charge < -0.3 is 4.74 Å². The van der Waals surface area contributed by atoms with E-state index in [4.69, 9.17) is 4.74 Å². The Morgan fingerprint density at radius 2 is 1.44 bits per heavy atom. The highest BCUT2D eigenvalue weighted by Gasteiger charge is 2.50. The van der Waals surface area contributed by atoms with Crippen LogP contribution in [0.3, 0.4) is 0 Å². The molecule has 7 heteroatoms. The van der Waals surface area contributed by atoms with Crippen molar-refractivity contribution in [1.29, 1.82) is 0 Å². The lowest BCUT2D eigenvalue weighted by molar-refractivity contribution is 0.414. The number of hydrogen-bond acceptors (Lipinski definition) is 5. The molecule has 135 valence electrons. The minimum absolute atomic E-state index is 0.213. The molecule has 0 N–H and O–H groups in total. The zero-order valence-corrected chi connectivity index (χ0v) is 16.2. The van der Waals surface area contributed by atoms with Gasteiger partial charge in [0.1, 0.15) is 11.5 Å². The number of methoxy groups -OCH3 is 1. The van der Waals surface area contributed by atoms with Gasteiger partial charge in [0.25, 0.3) is 0 Å². The summed E-state index contributed by atoms with van der Waals surface area (Å²) in [6.45, 7) is 3.07. The monoisotopic (exact) mass is 381 g/mol. The minimum Gasteiger partial charge on any atom is -0.497 e. The average Bonchev–Trinajstić information content (AvgIpc) is 2.54. The van der Waals surface area contributed by atoms with Crippen LogP contribution in [0.1, 0.15) is 23.6 Å². The maximum Gasteiger partial charge on any atom is 0.195 e. The summed E-state index contributed by atoms with van der Waals surface area (Å²) in [5, 5.41) is 0. The van der Waals surface area contributed by atoms with Crippen LogP contribution in [0.15, 0.2) is 48.5 Å². The summed E-state index contributed by atoms with van der Waals surface area (Å²) < 4.78 is 54.0. The third-order valence-electron chi connectivity index (χ3n) is 4.23. The summed E-state index contributed by atoms with van der Waals surface area (Å²) in [5.74, 6) is 1.58. The molecule has 0 aliphatic rings. The second-order valence-electron chi connectivity index (χ2n) is 6.02. The van der Waals surface area contributed by atoms with Crippen molar-refractivity contribution in [2.24, 2.45) is 0 Å². The quantitative estimate of drug-likeness (QED) is 0.769. The molecule has 5 nitrogen and oxygen atoms in total. The zero-order chi connectivity index (χ0) is 18.9. The number of sulfone groups is 2. The molecule has 2 rings (SSSR count). The second-order valence-corrected chi connectivity index (χ2v) is 10.8. The lowest BCUT2D eigenvalue weighted by atomic mass is 10.1. The summed E-state index contributed by atoms with van der Waals surface area (Å²) in [6, 6.07) is 12.8. The summed E-state index contributed by atoms with van der Waals surface area (Å²) in [6.07, 6.45) is 0.937. The summed E-state index contributed by atoms with van der Waals surface area (Å²) >= 11 is 0. The van der Waals surface area contributed by atoms with Crippen LogP contribution >= 0.6 is 0 Å². The van der Waals surface area contributed by atoms with Crippen molar-refractivity contribution in [1.82, 2.24) is 0 Å². The normalized spacial score (nSPS) is 14.7. The molecule has 1 unspecified atom stereocenters. The van der Waals surface area contributed by atoms with Crippen molar-refractivity contribution in [2.75, 3.05) is 13.4 Å². The van der Waals surface area contributed by atoms with Gasteiger partial charge in [-0.2, -0.15) is 0 Å². The van der Waals surface area contributed by atoms with Gasteiger partial charge in [0, 0.05) is 6.26 Å². The fraction of sp³-hybridized carbons (Fsp3) is 0.278. The Morgan fingerprint density at radius 1 is 0.920 bits per heavy atom. The van der Waals surface area contributed by atoms with E-state index in [0.717, 1.165) is 17.6 Å². The Hall–Kier alpha value is -1.86. The van der Waals surface area contributed by atoms with Gasteiger partial charge >= 0.3 is 0 Å². The van der Waals surface area contributed by atoms with Gasteiger partial charge in [0.2, 0.25) is 0 Å². The molecular formula is C18H21O5S2. The van der Waals surface area contributed by atoms with E-state index in [1.54, 1.807) is 36.4 Å². The van der Waals surface area contributed by atoms with Crippen LogP contribution < -0.4 is 4.74 Å². The Balaban J connectivity index is 2.54. The van der Waals surface area contributed by atoms with Crippen molar-refractivity contribution in [3.8, 4) is 5.75 Å². The van der Waals surface area contributed by atoms with Crippen LogP contribution in [-0.4, -0.2) is 30.2 Å². The molecule has 1 radical (unpaired) electrons. The molecule has 0 fully saturated rings. The van der Waals surface area contributed by atoms with Crippen molar-refractivity contribution < 1.29 is 21.6 Å². The highest BCUT2D eigenvalue weighted by molar-refractivity contribution is 8.10. The average molecular weight is 381 g/mol. The van der Waals surface area contributed by atoms with Crippen molar-refractivity contribution in [3.63, 3.8) is 0 Å². The van der Waals surface area contributed by atoms with Gasteiger partial charge in [-0.15, -0.1) is 0 Å². The van der Waals surface area contributed by atoms with Crippen molar-refractivity contribution in [3.05, 3.63) is 71.0 Å². The fourth-order valence-electron chi connectivity index (χ4n) is 2.42. The number of rotatable bonds is 6. The van der Waals surface area contributed by atoms with Crippen molar-refractivity contribution >= 4 is 19.7 Å². The Bertz CT molecular complexity index is 944.